The van der Waals surface area contributed by atoms with Gasteiger partial charge in [0.1, 0.15) is 12.4 Å². The van der Waals surface area contributed by atoms with Gasteiger partial charge in [0.05, 0.1) is 5.75 Å². The molecule has 132 valence electrons. The summed E-state index contributed by atoms with van der Waals surface area (Å²) in [5.74, 6) is 0.907. The predicted octanol–water partition coefficient (Wildman–Crippen LogP) is 0.657. The van der Waals surface area contributed by atoms with Gasteiger partial charge in [-0.25, -0.2) is 15.0 Å². The summed E-state index contributed by atoms with van der Waals surface area (Å²) in [6.07, 6.45) is 8.59. The zero-order valence-corrected chi connectivity index (χ0v) is 14.6. The summed E-state index contributed by atoms with van der Waals surface area (Å²) in [5.41, 5.74) is 5.29. The van der Waals surface area contributed by atoms with Crippen LogP contribution in [-0.2, 0) is 16.1 Å². The van der Waals surface area contributed by atoms with Gasteiger partial charge >= 0.3 is 0 Å². The van der Waals surface area contributed by atoms with Crippen LogP contribution in [0.4, 0.5) is 0 Å². The van der Waals surface area contributed by atoms with Crippen molar-refractivity contribution in [1.29, 1.82) is 0 Å². The molecule has 1 aliphatic heterocycles. The van der Waals surface area contributed by atoms with E-state index in [4.69, 9.17) is 5.73 Å². The molecule has 1 saturated heterocycles. The number of amides is 2. The molecule has 2 amide bonds. The van der Waals surface area contributed by atoms with Gasteiger partial charge in [-0.1, -0.05) is 11.8 Å². The third-order valence-corrected chi connectivity index (χ3v) is 4.94. The van der Waals surface area contributed by atoms with Crippen molar-refractivity contribution in [2.24, 2.45) is 5.73 Å². The van der Waals surface area contributed by atoms with Gasteiger partial charge < -0.3 is 15.2 Å². The Kier molecular flexibility index (Phi) is 5.64. The van der Waals surface area contributed by atoms with E-state index in [1.807, 2.05) is 4.90 Å². The van der Waals surface area contributed by atoms with Crippen molar-refractivity contribution in [3.05, 3.63) is 36.7 Å². The summed E-state index contributed by atoms with van der Waals surface area (Å²) in [4.78, 5) is 38.1. The van der Waals surface area contributed by atoms with E-state index in [9.17, 15) is 9.59 Å². The van der Waals surface area contributed by atoms with Crippen molar-refractivity contribution in [2.45, 2.75) is 30.5 Å². The van der Waals surface area contributed by atoms with E-state index in [0.29, 0.717) is 17.5 Å². The Balaban J connectivity index is 1.60. The zero-order valence-electron chi connectivity index (χ0n) is 13.7. The van der Waals surface area contributed by atoms with Gasteiger partial charge in [-0.3, -0.25) is 9.59 Å². The highest BCUT2D eigenvalue weighted by molar-refractivity contribution is 7.99. The monoisotopic (exact) mass is 360 g/mol. The second-order valence-corrected chi connectivity index (χ2v) is 6.82. The number of likely N-dealkylation sites (tertiary alicyclic amines) is 1. The minimum atomic E-state index is -0.401. The standard InChI is InChI=1S/C16H20N6O2S/c17-13(23)10-22-8-6-18-15(22)12-3-1-7-21(9-12)14(24)11-25-16-19-4-2-5-20-16/h2,4-6,8,12H,1,3,7,9-11H2,(H2,17,23). The predicted molar refractivity (Wildman–Crippen MR) is 92.7 cm³/mol. The Bertz CT molecular complexity index is 735. The number of hydrogen-bond acceptors (Lipinski definition) is 6. The Morgan fingerprint density at radius 3 is 2.80 bits per heavy atom. The molecule has 0 radical (unpaired) electrons. The first kappa shape index (κ1) is 17.4. The van der Waals surface area contributed by atoms with Crippen LogP contribution in [0.1, 0.15) is 24.6 Å². The maximum Gasteiger partial charge on any atom is 0.237 e. The molecule has 25 heavy (non-hydrogen) atoms. The van der Waals surface area contributed by atoms with E-state index >= 15 is 0 Å². The lowest BCUT2D eigenvalue weighted by atomic mass is 9.97. The maximum absolute atomic E-state index is 12.5. The van der Waals surface area contributed by atoms with Crippen molar-refractivity contribution >= 4 is 23.6 Å². The molecule has 1 aliphatic rings. The summed E-state index contributed by atoms with van der Waals surface area (Å²) in [6.45, 7) is 1.45. The van der Waals surface area contributed by atoms with Crippen LogP contribution >= 0.6 is 11.8 Å². The van der Waals surface area contributed by atoms with Crippen molar-refractivity contribution in [1.82, 2.24) is 24.4 Å². The molecule has 1 unspecified atom stereocenters. The molecule has 0 aromatic carbocycles. The fourth-order valence-corrected chi connectivity index (χ4v) is 3.68. The van der Waals surface area contributed by atoms with Crippen molar-refractivity contribution in [3.8, 4) is 0 Å². The van der Waals surface area contributed by atoms with Crippen LogP contribution in [0.25, 0.3) is 0 Å². The molecular formula is C16H20N6O2S. The Morgan fingerprint density at radius 1 is 1.24 bits per heavy atom. The van der Waals surface area contributed by atoms with Crippen molar-refractivity contribution in [3.63, 3.8) is 0 Å². The van der Waals surface area contributed by atoms with Gasteiger partial charge in [0.25, 0.3) is 0 Å². The molecule has 8 nitrogen and oxygen atoms in total. The highest BCUT2D eigenvalue weighted by Gasteiger charge is 2.27. The fraction of sp³-hybridized carbons (Fsp3) is 0.438. The molecule has 3 rings (SSSR count). The summed E-state index contributed by atoms with van der Waals surface area (Å²) >= 11 is 1.34. The van der Waals surface area contributed by atoms with Crippen LogP contribution in [0, 0.1) is 0 Å². The van der Waals surface area contributed by atoms with Crippen LogP contribution < -0.4 is 5.73 Å². The van der Waals surface area contributed by atoms with Gasteiger partial charge in [-0.05, 0) is 18.9 Å². The van der Waals surface area contributed by atoms with Crippen molar-refractivity contribution in [2.75, 3.05) is 18.8 Å². The second-order valence-electron chi connectivity index (χ2n) is 5.88. The molecule has 3 heterocycles. The number of rotatable bonds is 6. The average Bonchev–Trinajstić information content (AvgIpc) is 3.08. The van der Waals surface area contributed by atoms with E-state index in [0.717, 1.165) is 25.2 Å². The topological polar surface area (TPSA) is 107 Å². The van der Waals surface area contributed by atoms with Gasteiger partial charge in [-0.2, -0.15) is 0 Å². The van der Waals surface area contributed by atoms with E-state index < -0.39 is 5.91 Å². The van der Waals surface area contributed by atoms with Gasteiger partial charge in [-0.15, -0.1) is 0 Å². The first-order valence-corrected chi connectivity index (χ1v) is 9.09. The SMILES string of the molecule is NC(=O)Cn1ccnc1C1CCCN(C(=O)CSc2ncccn2)C1. The average molecular weight is 360 g/mol. The molecular weight excluding hydrogens is 340 g/mol. The van der Waals surface area contributed by atoms with Crippen molar-refractivity contribution < 1.29 is 9.59 Å². The minimum absolute atomic E-state index is 0.0650. The number of carbonyl (C=O) groups is 2. The van der Waals surface area contributed by atoms with Crippen LogP contribution in [0.15, 0.2) is 36.0 Å². The van der Waals surface area contributed by atoms with Crippen LogP contribution in [0.3, 0.4) is 0 Å². The van der Waals surface area contributed by atoms with E-state index in [-0.39, 0.29) is 18.4 Å². The second kappa shape index (κ2) is 8.11. The molecule has 0 spiro atoms. The molecule has 0 bridgehead atoms. The number of hydrogen-bond donors (Lipinski definition) is 1. The summed E-state index contributed by atoms with van der Waals surface area (Å²) in [7, 11) is 0. The Hall–Kier alpha value is -2.42. The molecule has 9 heteroatoms. The third-order valence-electron chi connectivity index (χ3n) is 4.08. The lowest BCUT2D eigenvalue weighted by Gasteiger charge is -2.32. The fourth-order valence-electron chi connectivity index (χ4n) is 2.97. The Labute approximate surface area is 149 Å². The van der Waals surface area contributed by atoms with E-state index in [1.54, 1.807) is 35.4 Å². The molecule has 2 aromatic heterocycles. The summed E-state index contributed by atoms with van der Waals surface area (Å²) in [5, 5.41) is 0.599. The quantitative estimate of drug-likeness (QED) is 0.599. The largest absolute Gasteiger partial charge is 0.368 e. The van der Waals surface area contributed by atoms with Crippen LogP contribution in [-0.4, -0.2) is 55.1 Å². The maximum atomic E-state index is 12.5. The Morgan fingerprint density at radius 2 is 2.04 bits per heavy atom. The minimum Gasteiger partial charge on any atom is -0.368 e. The molecule has 2 N–H and O–H groups in total. The van der Waals surface area contributed by atoms with Gasteiger partial charge in [0, 0.05) is 43.8 Å². The molecule has 1 atom stereocenters. The first-order chi connectivity index (χ1) is 12.1. The number of aromatic nitrogens is 4. The lowest BCUT2D eigenvalue weighted by molar-refractivity contribution is -0.129. The number of imidazole rings is 1. The third kappa shape index (κ3) is 4.56. The normalized spacial score (nSPS) is 17.4. The van der Waals surface area contributed by atoms with Gasteiger partial charge in [0.15, 0.2) is 5.16 Å². The highest BCUT2D eigenvalue weighted by atomic mass is 32.2. The summed E-state index contributed by atoms with van der Waals surface area (Å²) in [6, 6.07) is 1.75. The highest BCUT2D eigenvalue weighted by Crippen LogP contribution is 2.26. The van der Waals surface area contributed by atoms with Gasteiger partial charge in [0.2, 0.25) is 11.8 Å². The van der Waals surface area contributed by atoms with E-state index in [2.05, 4.69) is 15.0 Å². The zero-order chi connectivity index (χ0) is 17.6. The number of primary amides is 1. The van der Waals surface area contributed by atoms with E-state index in [1.165, 1.54) is 11.8 Å². The smallest absolute Gasteiger partial charge is 0.237 e. The van der Waals surface area contributed by atoms with Crippen LogP contribution in [0.5, 0.6) is 0 Å². The number of piperidine rings is 1. The molecule has 0 saturated carbocycles. The number of nitrogens with two attached hydrogens (primary N) is 1. The molecule has 2 aromatic rings. The first-order valence-electron chi connectivity index (χ1n) is 8.10. The lowest BCUT2D eigenvalue weighted by Crippen LogP contribution is -2.40. The molecule has 0 aliphatic carbocycles. The number of thioether (sulfide) groups is 1. The number of nitrogens with zero attached hydrogens (tertiary/aromatic N) is 5. The van der Waals surface area contributed by atoms with Crippen LogP contribution in [0.2, 0.25) is 0 Å². The summed E-state index contributed by atoms with van der Waals surface area (Å²) < 4.78 is 1.77. The number of carbonyl (C=O) groups excluding carboxylic acids is 2. The molecule has 1 fully saturated rings.